The molecule has 5 aromatic rings. The Labute approximate surface area is 320 Å². The highest BCUT2D eigenvalue weighted by atomic mass is 35.5. The molecule has 54 heavy (non-hydrogen) atoms. The largest absolute Gasteiger partial charge is 0.488 e. The van der Waals surface area contributed by atoms with Crippen LogP contribution in [0.1, 0.15) is 84.6 Å². The van der Waals surface area contributed by atoms with Crippen LogP contribution in [0.3, 0.4) is 0 Å². The summed E-state index contributed by atoms with van der Waals surface area (Å²) in [4.78, 5) is 25.8. The van der Waals surface area contributed by atoms with Gasteiger partial charge >= 0.3 is 5.97 Å². The van der Waals surface area contributed by atoms with Gasteiger partial charge < -0.3 is 23.9 Å². The van der Waals surface area contributed by atoms with Gasteiger partial charge in [-0.25, -0.2) is 4.98 Å². The Morgan fingerprint density at radius 1 is 0.963 bits per heavy atom. The van der Waals surface area contributed by atoms with E-state index in [1.54, 1.807) is 18.3 Å². The zero-order valence-electron chi connectivity index (χ0n) is 30.5. The Kier molecular flexibility index (Phi) is 10.5. The van der Waals surface area contributed by atoms with Gasteiger partial charge in [0.2, 0.25) is 0 Å². The fourth-order valence-corrected chi connectivity index (χ4v) is 8.20. The second-order valence-corrected chi connectivity index (χ2v) is 15.3. The molecule has 3 fully saturated rings. The summed E-state index contributed by atoms with van der Waals surface area (Å²) >= 11 is 6.87. The number of nitrogens with zero attached hydrogens (tertiary/aromatic N) is 5. The van der Waals surface area contributed by atoms with Crippen LogP contribution < -0.4 is 9.47 Å². The monoisotopic (exact) mass is 745 g/mol. The molecule has 8 rings (SSSR count). The number of aromatic nitrogens is 2. The Balaban J connectivity index is 1.01. The van der Waals surface area contributed by atoms with E-state index >= 15 is 0 Å². The van der Waals surface area contributed by atoms with E-state index in [4.69, 9.17) is 30.5 Å². The minimum absolute atomic E-state index is 0.164. The number of oxazole rings is 1. The highest BCUT2D eigenvalue weighted by Gasteiger charge is 2.34. The number of halogens is 1. The molecule has 1 unspecified atom stereocenters. The number of piperidine rings is 2. The molecule has 2 saturated heterocycles. The average molecular weight is 746 g/mol. The molecule has 0 bridgehead atoms. The first-order valence-electron chi connectivity index (χ1n) is 18.9. The summed E-state index contributed by atoms with van der Waals surface area (Å²) in [6, 6.07) is 20.1. The van der Waals surface area contributed by atoms with Crippen LogP contribution in [0.5, 0.6) is 11.5 Å². The summed E-state index contributed by atoms with van der Waals surface area (Å²) in [6.07, 6.45) is 10.4. The third-order valence-corrected chi connectivity index (χ3v) is 11.5. The van der Waals surface area contributed by atoms with Crippen molar-refractivity contribution in [2.75, 3.05) is 19.6 Å². The molecule has 11 heteroatoms. The molecule has 2 aromatic heterocycles. The van der Waals surface area contributed by atoms with Crippen molar-refractivity contribution in [1.29, 1.82) is 5.26 Å². The highest BCUT2D eigenvalue weighted by Crippen LogP contribution is 2.38. The van der Waals surface area contributed by atoms with E-state index in [1.807, 2.05) is 23.1 Å². The fraction of sp³-hybridized carbons (Fsp3) is 0.395. The molecule has 0 amide bonds. The van der Waals surface area contributed by atoms with E-state index in [2.05, 4.69) is 47.1 Å². The first-order valence-corrected chi connectivity index (χ1v) is 19.3. The van der Waals surface area contributed by atoms with Crippen LogP contribution in [-0.2, 0) is 24.6 Å². The van der Waals surface area contributed by atoms with Crippen LogP contribution >= 0.6 is 11.6 Å². The fourth-order valence-electron chi connectivity index (χ4n) is 7.96. The third kappa shape index (κ3) is 7.95. The summed E-state index contributed by atoms with van der Waals surface area (Å²) < 4.78 is 19.0. The lowest BCUT2D eigenvalue weighted by Gasteiger charge is -2.33. The van der Waals surface area contributed by atoms with Crippen molar-refractivity contribution in [1.82, 2.24) is 19.8 Å². The number of likely N-dealkylation sites (tertiary alicyclic amines) is 2. The van der Waals surface area contributed by atoms with Crippen molar-refractivity contribution in [2.24, 2.45) is 0 Å². The van der Waals surface area contributed by atoms with Gasteiger partial charge in [0.1, 0.15) is 42.3 Å². The minimum Gasteiger partial charge on any atom is -0.488 e. The first kappa shape index (κ1) is 36.0. The summed E-state index contributed by atoms with van der Waals surface area (Å²) in [5, 5.41) is 19.7. The quantitative estimate of drug-likeness (QED) is 0.133. The molecule has 1 aliphatic carbocycles. The number of nitriles is 1. The Bertz CT molecular complexity index is 2200. The molecule has 0 spiro atoms. The third-order valence-electron chi connectivity index (χ3n) is 11.2. The second kappa shape index (κ2) is 15.8. The predicted molar refractivity (Wildman–Crippen MR) is 206 cm³/mol. The van der Waals surface area contributed by atoms with Gasteiger partial charge in [0.15, 0.2) is 11.5 Å². The van der Waals surface area contributed by atoms with Gasteiger partial charge in [-0.15, -0.1) is 0 Å². The van der Waals surface area contributed by atoms with Crippen molar-refractivity contribution < 1.29 is 23.8 Å². The number of ether oxygens (including phenoxy) is 2. The van der Waals surface area contributed by atoms with E-state index < -0.39 is 12.0 Å². The number of carbonyl (C=O) groups is 1. The van der Waals surface area contributed by atoms with Crippen LogP contribution in [0.15, 0.2) is 71.4 Å². The lowest BCUT2D eigenvalue weighted by atomic mass is 9.96. The molecule has 10 nitrogen and oxygen atoms in total. The summed E-state index contributed by atoms with van der Waals surface area (Å²) in [5.74, 6) is 1.38. The lowest BCUT2D eigenvalue weighted by molar-refractivity contribution is -0.144. The van der Waals surface area contributed by atoms with Gasteiger partial charge in [-0.2, -0.15) is 5.26 Å². The van der Waals surface area contributed by atoms with E-state index in [1.165, 1.54) is 19.0 Å². The van der Waals surface area contributed by atoms with E-state index in [9.17, 15) is 15.2 Å². The van der Waals surface area contributed by atoms with Crippen LogP contribution in [0, 0.1) is 18.3 Å². The van der Waals surface area contributed by atoms with Crippen LogP contribution in [0.4, 0.5) is 0 Å². The van der Waals surface area contributed by atoms with E-state index in [0.717, 1.165) is 95.2 Å². The molecule has 3 aromatic carbocycles. The summed E-state index contributed by atoms with van der Waals surface area (Å²) in [5.41, 5.74) is 7.89. The van der Waals surface area contributed by atoms with Gasteiger partial charge in [-0.05, 0) is 112 Å². The van der Waals surface area contributed by atoms with Crippen molar-refractivity contribution in [3.05, 3.63) is 106 Å². The number of rotatable bonds is 12. The number of hydrogen-bond acceptors (Lipinski definition) is 9. The summed E-state index contributed by atoms with van der Waals surface area (Å²) in [7, 11) is 0. The Hall–Kier alpha value is -4.95. The number of pyridine rings is 1. The van der Waals surface area contributed by atoms with Crippen molar-refractivity contribution in [3.63, 3.8) is 0 Å². The number of hydrogen-bond donors (Lipinski definition) is 1. The van der Waals surface area contributed by atoms with Crippen molar-refractivity contribution >= 4 is 28.7 Å². The molecule has 1 N–H and O–H groups in total. The highest BCUT2D eigenvalue weighted by molar-refractivity contribution is 6.32. The normalized spacial score (nSPS) is 18.4. The van der Waals surface area contributed by atoms with E-state index in [0.29, 0.717) is 47.5 Å². The summed E-state index contributed by atoms with van der Waals surface area (Å²) in [6.45, 7) is 5.81. The molecule has 1 saturated carbocycles. The van der Waals surface area contributed by atoms with Gasteiger partial charge in [0, 0.05) is 48.1 Å². The van der Waals surface area contributed by atoms with Crippen molar-refractivity contribution in [3.8, 4) is 28.7 Å². The minimum atomic E-state index is -0.828. The Morgan fingerprint density at radius 2 is 1.80 bits per heavy atom. The maximum atomic E-state index is 12.1. The van der Waals surface area contributed by atoms with Crippen molar-refractivity contribution in [2.45, 2.75) is 89.6 Å². The number of carboxylic acid groups (broad SMARTS) is 1. The SMILES string of the molecule is Cc1c(COc2cc(OCc3cncc(C#N)c3)c(CN3CCCCC3C(=O)O)cc2Cl)cccc1-c1ccc2oc(C3CCN(C4CC4)CC3)nc2c1. The number of aliphatic carboxylic acids is 1. The van der Waals surface area contributed by atoms with Gasteiger partial charge in [0.05, 0.1) is 10.6 Å². The van der Waals surface area contributed by atoms with Crippen LogP contribution in [0.2, 0.25) is 5.02 Å². The second-order valence-electron chi connectivity index (χ2n) is 14.8. The molecule has 278 valence electrons. The number of carboxylic acids is 1. The molecule has 1 atom stereocenters. The molecule has 0 radical (unpaired) electrons. The maximum absolute atomic E-state index is 12.1. The molecule has 2 aliphatic heterocycles. The van der Waals surface area contributed by atoms with E-state index in [-0.39, 0.29) is 13.2 Å². The molecular formula is C43H44ClN5O5. The smallest absolute Gasteiger partial charge is 0.320 e. The average Bonchev–Trinajstić information content (AvgIpc) is 3.96. The Morgan fingerprint density at radius 3 is 2.59 bits per heavy atom. The molecule has 3 aliphatic rings. The van der Waals surface area contributed by atoms with Gasteiger partial charge in [-0.3, -0.25) is 14.7 Å². The first-order chi connectivity index (χ1) is 26.3. The predicted octanol–water partition coefficient (Wildman–Crippen LogP) is 8.66. The van der Waals surface area contributed by atoms with Crippen LogP contribution in [-0.4, -0.2) is 62.6 Å². The molecular weight excluding hydrogens is 702 g/mol. The van der Waals surface area contributed by atoms with Crippen LogP contribution in [0.25, 0.3) is 22.2 Å². The standard InChI is InChI=1S/C43H44ClN5O5/c1-27-32(5-4-6-35(27)31-8-11-39-37(19-31)47-42(54-39)30-12-15-48(16-13-30)34-9-10-34)26-53-41-20-40(52-25-29-17-28(21-45)22-46-23-29)33(18-36(41)44)24-49-14-3-2-7-38(49)43(50)51/h4-6,8,11,17-20,22-23,30,34,38H,2-3,7,9-10,12-16,24-26H2,1H3,(H,50,51). The topological polar surface area (TPSA) is 125 Å². The van der Waals surface area contributed by atoms with Gasteiger partial charge in [-0.1, -0.05) is 42.3 Å². The van der Waals surface area contributed by atoms with Gasteiger partial charge in [0.25, 0.3) is 0 Å². The zero-order chi connectivity index (χ0) is 37.2. The number of benzene rings is 3. The maximum Gasteiger partial charge on any atom is 0.320 e. The lowest BCUT2D eigenvalue weighted by Crippen LogP contribution is -2.44. The zero-order valence-corrected chi connectivity index (χ0v) is 31.2. The molecule has 4 heterocycles. The number of fused-ring (bicyclic) bond motifs is 1.